The van der Waals surface area contributed by atoms with Gasteiger partial charge in [-0.2, -0.15) is 0 Å². The molecule has 1 N–H and O–H groups in total. The van der Waals surface area contributed by atoms with Gasteiger partial charge in [0.25, 0.3) is 0 Å². The molecule has 72 valence electrons. The second-order valence-corrected chi connectivity index (χ2v) is 4.42. The predicted molar refractivity (Wildman–Crippen MR) is 54.3 cm³/mol. The summed E-state index contributed by atoms with van der Waals surface area (Å²) in [5.74, 6) is 1.99. The lowest BCUT2D eigenvalue weighted by Crippen LogP contribution is -2.34. The summed E-state index contributed by atoms with van der Waals surface area (Å²) in [6, 6.07) is 0.652. The van der Waals surface area contributed by atoms with Crippen LogP contribution in [-0.2, 0) is 0 Å². The highest BCUT2D eigenvalue weighted by atomic mass is 14.9. The molecule has 0 spiro atoms. The van der Waals surface area contributed by atoms with E-state index < -0.39 is 0 Å². The van der Waals surface area contributed by atoms with Gasteiger partial charge in [0.15, 0.2) is 0 Å². The monoisotopic (exact) mass is 169 g/mol. The van der Waals surface area contributed by atoms with Crippen molar-refractivity contribution in [2.45, 2.75) is 52.5 Å². The van der Waals surface area contributed by atoms with E-state index >= 15 is 0 Å². The Balaban J connectivity index is 2.15. The Morgan fingerprint density at radius 3 is 2.33 bits per heavy atom. The van der Waals surface area contributed by atoms with Gasteiger partial charge < -0.3 is 5.32 Å². The van der Waals surface area contributed by atoms with E-state index in [1.165, 1.54) is 32.2 Å². The minimum absolute atomic E-state index is 0.652. The van der Waals surface area contributed by atoms with E-state index in [2.05, 4.69) is 26.1 Å². The summed E-state index contributed by atoms with van der Waals surface area (Å²) in [7, 11) is 0. The van der Waals surface area contributed by atoms with Crippen LogP contribution < -0.4 is 5.32 Å². The average molecular weight is 169 g/mol. The van der Waals surface area contributed by atoms with Crippen LogP contribution in [0.3, 0.4) is 0 Å². The van der Waals surface area contributed by atoms with Crippen LogP contribution in [-0.4, -0.2) is 12.6 Å². The highest BCUT2D eigenvalue weighted by Crippen LogP contribution is 2.34. The Bertz CT molecular complexity index is 116. The Hall–Kier alpha value is -0.0400. The lowest BCUT2D eigenvalue weighted by Gasteiger charge is -2.33. The molecule has 1 heteroatoms. The largest absolute Gasteiger partial charge is 0.314 e. The van der Waals surface area contributed by atoms with Crippen molar-refractivity contribution in [1.82, 2.24) is 5.32 Å². The Morgan fingerprint density at radius 2 is 2.00 bits per heavy atom. The van der Waals surface area contributed by atoms with E-state index in [0.717, 1.165) is 11.8 Å². The third-order valence-corrected chi connectivity index (χ3v) is 3.13. The first-order valence-electron chi connectivity index (χ1n) is 5.47. The molecule has 0 saturated heterocycles. The minimum Gasteiger partial charge on any atom is -0.314 e. The molecule has 1 nitrogen and oxygen atoms in total. The van der Waals surface area contributed by atoms with Gasteiger partial charge in [0.1, 0.15) is 0 Å². The van der Waals surface area contributed by atoms with Gasteiger partial charge in [-0.1, -0.05) is 46.5 Å². The lowest BCUT2D eigenvalue weighted by molar-refractivity contribution is 0.193. The van der Waals surface area contributed by atoms with Crippen molar-refractivity contribution in [1.29, 1.82) is 0 Å². The SMILES string of the molecule is CCC(CNC(C)C)C1CCC1. The maximum absolute atomic E-state index is 3.55. The van der Waals surface area contributed by atoms with Gasteiger partial charge in [0, 0.05) is 6.04 Å². The molecular formula is C11H23N. The zero-order valence-corrected chi connectivity index (χ0v) is 8.77. The molecule has 0 aromatic heterocycles. The summed E-state index contributed by atoms with van der Waals surface area (Å²) in [4.78, 5) is 0. The van der Waals surface area contributed by atoms with E-state index in [0.29, 0.717) is 6.04 Å². The fourth-order valence-corrected chi connectivity index (χ4v) is 1.94. The molecular weight excluding hydrogens is 146 g/mol. The summed E-state index contributed by atoms with van der Waals surface area (Å²) < 4.78 is 0. The second kappa shape index (κ2) is 4.86. The molecule has 1 fully saturated rings. The fraction of sp³-hybridized carbons (Fsp3) is 1.00. The molecule has 0 aromatic rings. The molecule has 0 aromatic carbocycles. The standard InChI is InChI=1S/C11H23N/c1-4-10(8-12-9(2)3)11-6-5-7-11/h9-12H,4-8H2,1-3H3. The summed E-state index contributed by atoms with van der Waals surface area (Å²) in [5, 5.41) is 3.55. The molecule has 12 heavy (non-hydrogen) atoms. The van der Waals surface area contributed by atoms with Crippen LogP contribution >= 0.6 is 0 Å². The number of rotatable bonds is 5. The van der Waals surface area contributed by atoms with Crippen molar-refractivity contribution in [3.8, 4) is 0 Å². The highest BCUT2D eigenvalue weighted by molar-refractivity contribution is 4.78. The van der Waals surface area contributed by atoms with Gasteiger partial charge in [-0.05, 0) is 18.4 Å². The lowest BCUT2D eigenvalue weighted by atomic mass is 9.75. The Kier molecular flexibility index (Phi) is 4.07. The van der Waals surface area contributed by atoms with E-state index in [1.807, 2.05) is 0 Å². The molecule has 0 aliphatic heterocycles. The van der Waals surface area contributed by atoms with Crippen LogP contribution in [0.4, 0.5) is 0 Å². The van der Waals surface area contributed by atoms with Crippen LogP contribution in [0.2, 0.25) is 0 Å². The van der Waals surface area contributed by atoms with Crippen LogP contribution in [0.1, 0.15) is 46.5 Å². The van der Waals surface area contributed by atoms with Crippen molar-refractivity contribution in [2.24, 2.45) is 11.8 Å². The van der Waals surface area contributed by atoms with Crippen molar-refractivity contribution < 1.29 is 0 Å². The van der Waals surface area contributed by atoms with Crippen molar-refractivity contribution in [2.75, 3.05) is 6.54 Å². The van der Waals surface area contributed by atoms with Crippen LogP contribution in [0, 0.1) is 11.8 Å². The van der Waals surface area contributed by atoms with Crippen molar-refractivity contribution >= 4 is 0 Å². The maximum atomic E-state index is 3.55. The summed E-state index contributed by atoms with van der Waals surface area (Å²) in [6.45, 7) is 8.02. The second-order valence-electron chi connectivity index (χ2n) is 4.42. The maximum Gasteiger partial charge on any atom is 0.00104 e. The average Bonchev–Trinajstić information content (AvgIpc) is 1.93. The zero-order valence-electron chi connectivity index (χ0n) is 8.77. The minimum atomic E-state index is 0.652. The normalized spacial score (nSPS) is 21.0. The topological polar surface area (TPSA) is 12.0 Å². The predicted octanol–water partition coefficient (Wildman–Crippen LogP) is 2.81. The van der Waals surface area contributed by atoms with Gasteiger partial charge in [-0.3, -0.25) is 0 Å². The van der Waals surface area contributed by atoms with Crippen LogP contribution in [0.5, 0.6) is 0 Å². The molecule has 0 bridgehead atoms. The number of nitrogens with one attached hydrogen (secondary N) is 1. The molecule has 1 saturated carbocycles. The van der Waals surface area contributed by atoms with Gasteiger partial charge in [-0.15, -0.1) is 0 Å². The van der Waals surface area contributed by atoms with Crippen LogP contribution in [0.15, 0.2) is 0 Å². The highest BCUT2D eigenvalue weighted by Gasteiger charge is 2.25. The molecule has 1 aliphatic rings. The molecule has 0 radical (unpaired) electrons. The van der Waals surface area contributed by atoms with Gasteiger partial charge in [0.05, 0.1) is 0 Å². The molecule has 0 amide bonds. The molecule has 1 atom stereocenters. The number of hydrogen-bond acceptors (Lipinski definition) is 1. The third kappa shape index (κ3) is 2.78. The smallest absolute Gasteiger partial charge is 0.00104 e. The van der Waals surface area contributed by atoms with Gasteiger partial charge >= 0.3 is 0 Å². The van der Waals surface area contributed by atoms with E-state index in [1.54, 1.807) is 0 Å². The quantitative estimate of drug-likeness (QED) is 0.667. The summed E-state index contributed by atoms with van der Waals surface area (Å²) in [6.07, 6.45) is 5.80. The van der Waals surface area contributed by atoms with Crippen LogP contribution in [0.25, 0.3) is 0 Å². The zero-order chi connectivity index (χ0) is 8.97. The van der Waals surface area contributed by atoms with Crippen molar-refractivity contribution in [3.05, 3.63) is 0 Å². The molecule has 1 rings (SSSR count). The summed E-state index contributed by atoms with van der Waals surface area (Å²) >= 11 is 0. The third-order valence-electron chi connectivity index (χ3n) is 3.13. The van der Waals surface area contributed by atoms with E-state index in [9.17, 15) is 0 Å². The van der Waals surface area contributed by atoms with E-state index in [4.69, 9.17) is 0 Å². The van der Waals surface area contributed by atoms with E-state index in [-0.39, 0.29) is 0 Å². The van der Waals surface area contributed by atoms with Gasteiger partial charge in [0.2, 0.25) is 0 Å². The first kappa shape index (κ1) is 10.0. The molecule has 0 heterocycles. The summed E-state index contributed by atoms with van der Waals surface area (Å²) in [5.41, 5.74) is 0. The Morgan fingerprint density at radius 1 is 1.33 bits per heavy atom. The fourth-order valence-electron chi connectivity index (χ4n) is 1.94. The number of hydrogen-bond donors (Lipinski definition) is 1. The van der Waals surface area contributed by atoms with Crippen molar-refractivity contribution in [3.63, 3.8) is 0 Å². The Labute approximate surface area is 76.9 Å². The molecule has 1 unspecified atom stereocenters. The first-order chi connectivity index (χ1) is 5.74. The molecule has 1 aliphatic carbocycles. The first-order valence-corrected chi connectivity index (χ1v) is 5.47. The van der Waals surface area contributed by atoms with Gasteiger partial charge in [-0.25, -0.2) is 0 Å².